The van der Waals surface area contributed by atoms with Crippen molar-refractivity contribution < 1.29 is 0 Å². The Kier molecular flexibility index (Phi) is 7.98. The van der Waals surface area contributed by atoms with Crippen LogP contribution in [0.4, 0.5) is 0 Å². The number of rotatable bonds is 6. The molecule has 0 spiro atoms. The highest BCUT2D eigenvalue weighted by atomic mass is 32.1. The lowest BCUT2D eigenvalue weighted by Gasteiger charge is -2.12. The summed E-state index contributed by atoms with van der Waals surface area (Å²) in [5.41, 5.74) is 13.5. The van der Waals surface area contributed by atoms with Crippen LogP contribution in [-0.4, -0.2) is 29.1 Å². The highest BCUT2D eigenvalue weighted by molar-refractivity contribution is 7.25. The summed E-state index contributed by atoms with van der Waals surface area (Å²) in [5, 5.41) is 5.81. The zero-order chi connectivity index (χ0) is 41.4. The molecule has 0 saturated heterocycles. The van der Waals surface area contributed by atoms with Crippen LogP contribution < -0.4 is 0 Å². The molecule has 0 aliphatic heterocycles. The van der Waals surface area contributed by atoms with E-state index < -0.39 is 0 Å². The van der Waals surface area contributed by atoms with Crippen molar-refractivity contribution in [1.29, 1.82) is 0 Å². The molecule has 0 N–H and O–H groups in total. The first kappa shape index (κ1) is 35.5. The van der Waals surface area contributed by atoms with Crippen LogP contribution in [0.2, 0.25) is 0 Å². The minimum atomic E-state index is 0.638. The van der Waals surface area contributed by atoms with E-state index in [4.69, 9.17) is 19.9 Å². The van der Waals surface area contributed by atoms with Crippen LogP contribution in [0.1, 0.15) is 0 Å². The topological polar surface area (TPSA) is 61.4 Å². The largest absolute Gasteiger partial charge is 0.294 e. The average Bonchev–Trinajstić information content (AvgIpc) is 4.01. The van der Waals surface area contributed by atoms with Crippen molar-refractivity contribution >= 4 is 75.3 Å². The van der Waals surface area contributed by atoms with Crippen LogP contribution in [0.5, 0.6) is 0 Å². The Hall–Kier alpha value is -8.26. The summed E-state index contributed by atoms with van der Waals surface area (Å²) in [7, 11) is 0. The summed E-state index contributed by atoms with van der Waals surface area (Å²) in [6, 6.07) is 70.6. The van der Waals surface area contributed by atoms with E-state index in [1.165, 1.54) is 20.2 Å². The summed E-state index contributed by atoms with van der Waals surface area (Å²) in [5.74, 6) is 1.52. The SMILES string of the molecule is c1ccc(-c2cc(-c3ccccc3)nc(-n3c4ccccc4c4cc(-c5ccc6c(c5)c5ccccc5n6-c5cccc(-c6ccc7sc8cccnc8c7c6)n5)ccc43)n2)cc1. The molecule has 0 atom stereocenters. The normalized spacial score (nSPS) is 11.8. The summed E-state index contributed by atoms with van der Waals surface area (Å²) in [6.07, 6.45) is 1.87. The monoisotopic (exact) mass is 822 g/mol. The Balaban J connectivity index is 0.938. The van der Waals surface area contributed by atoms with Crippen LogP contribution >= 0.6 is 11.3 Å². The van der Waals surface area contributed by atoms with Gasteiger partial charge in [-0.1, -0.05) is 121 Å². The van der Waals surface area contributed by atoms with Gasteiger partial charge in [-0.3, -0.25) is 14.1 Å². The Morgan fingerprint density at radius 1 is 0.333 bits per heavy atom. The van der Waals surface area contributed by atoms with Crippen molar-refractivity contribution in [2.24, 2.45) is 0 Å². The molecule has 0 aliphatic carbocycles. The average molecular weight is 823 g/mol. The van der Waals surface area contributed by atoms with Gasteiger partial charge in [-0.2, -0.15) is 0 Å². The second-order valence-corrected chi connectivity index (χ2v) is 17.0. The molecule has 13 rings (SSSR count). The number of pyridine rings is 2. The van der Waals surface area contributed by atoms with Gasteiger partial charge in [0.15, 0.2) is 0 Å². The lowest BCUT2D eigenvalue weighted by atomic mass is 10.0. The highest BCUT2D eigenvalue weighted by Gasteiger charge is 2.19. The number of thiophene rings is 1. The highest BCUT2D eigenvalue weighted by Crippen LogP contribution is 2.40. The van der Waals surface area contributed by atoms with E-state index in [1.54, 1.807) is 11.3 Å². The van der Waals surface area contributed by atoms with Crippen LogP contribution in [-0.2, 0) is 0 Å². The van der Waals surface area contributed by atoms with Crippen molar-refractivity contribution in [3.63, 3.8) is 0 Å². The minimum Gasteiger partial charge on any atom is -0.294 e. The Morgan fingerprint density at radius 3 is 1.59 bits per heavy atom. The van der Waals surface area contributed by atoms with E-state index >= 15 is 0 Å². The predicted molar refractivity (Wildman–Crippen MR) is 261 cm³/mol. The van der Waals surface area contributed by atoms with Gasteiger partial charge in [0.25, 0.3) is 0 Å². The van der Waals surface area contributed by atoms with Gasteiger partial charge in [0.05, 0.1) is 49.4 Å². The number of fused-ring (bicyclic) bond motifs is 9. The molecular formula is C56H34N6S. The van der Waals surface area contributed by atoms with Gasteiger partial charge >= 0.3 is 0 Å². The van der Waals surface area contributed by atoms with Crippen LogP contribution in [0.3, 0.4) is 0 Å². The standard InChI is InChI=1S/C56H34N6S/c1-3-13-35(14-4-1)46-34-47(36-15-5-2-6-16-36)60-56(59-46)62-49-21-10-8-18-41(49)43-32-38(25-28-51(43)62)37-24-27-50-42(31-37)40-17-7-9-20-48(40)61(50)54-23-11-19-45(58-54)39-26-29-52-44(33-39)55-53(63-52)22-12-30-57-55/h1-34H. The van der Waals surface area contributed by atoms with Gasteiger partial charge in [0.1, 0.15) is 5.82 Å². The minimum absolute atomic E-state index is 0.638. The van der Waals surface area contributed by atoms with Gasteiger partial charge in [0, 0.05) is 54.5 Å². The Labute approximate surface area is 365 Å². The third kappa shape index (κ3) is 5.78. The zero-order valence-electron chi connectivity index (χ0n) is 33.7. The number of hydrogen-bond acceptors (Lipinski definition) is 5. The molecule has 0 fully saturated rings. The maximum absolute atomic E-state index is 5.31. The maximum atomic E-state index is 5.31. The number of benzene rings is 7. The van der Waals surface area contributed by atoms with Crippen molar-refractivity contribution in [1.82, 2.24) is 29.1 Å². The van der Waals surface area contributed by atoms with Crippen molar-refractivity contribution in [3.05, 3.63) is 206 Å². The number of nitrogens with zero attached hydrogens (tertiary/aromatic N) is 6. The molecule has 0 bridgehead atoms. The fourth-order valence-electron chi connectivity index (χ4n) is 9.28. The van der Waals surface area contributed by atoms with Crippen molar-refractivity contribution in [3.8, 4) is 56.7 Å². The summed E-state index contributed by atoms with van der Waals surface area (Å²) in [6.45, 7) is 0. The molecule has 7 heteroatoms. The molecule has 0 radical (unpaired) electrons. The van der Waals surface area contributed by atoms with E-state index in [2.05, 4.69) is 191 Å². The fraction of sp³-hybridized carbons (Fsp3) is 0. The van der Waals surface area contributed by atoms with Crippen LogP contribution in [0, 0.1) is 0 Å². The molecule has 0 saturated carbocycles. The van der Waals surface area contributed by atoms with Crippen molar-refractivity contribution in [2.75, 3.05) is 0 Å². The first-order valence-corrected chi connectivity index (χ1v) is 21.9. The first-order valence-electron chi connectivity index (χ1n) is 21.0. The van der Waals surface area contributed by atoms with E-state index in [0.717, 1.165) is 94.5 Å². The molecule has 294 valence electrons. The van der Waals surface area contributed by atoms with Gasteiger partial charge in [0.2, 0.25) is 5.95 Å². The molecule has 6 aromatic heterocycles. The van der Waals surface area contributed by atoms with E-state index in [-0.39, 0.29) is 0 Å². The Morgan fingerprint density at radius 2 is 0.905 bits per heavy atom. The second kappa shape index (κ2) is 14.2. The molecule has 0 aliphatic rings. The lowest BCUT2D eigenvalue weighted by molar-refractivity contribution is 0.995. The number of para-hydroxylation sites is 2. The smallest absolute Gasteiger partial charge is 0.235 e. The molecule has 13 aromatic rings. The second-order valence-electron chi connectivity index (χ2n) is 15.9. The third-order valence-corrected chi connectivity index (χ3v) is 13.3. The van der Waals surface area contributed by atoms with Gasteiger partial charge in [-0.05, 0) is 90.0 Å². The zero-order valence-corrected chi connectivity index (χ0v) is 34.5. The quantitative estimate of drug-likeness (QED) is 0.168. The summed E-state index contributed by atoms with van der Waals surface area (Å²) < 4.78 is 6.93. The molecule has 0 unspecified atom stereocenters. The Bertz CT molecular complexity index is 3860. The predicted octanol–water partition coefficient (Wildman–Crippen LogP) is 14.5. The summed E-state index contributed by atoms with van der Waals surface area (Å²) >= 11 is 1.78. The molecular weight excluding hydrogens is 789 g/mol. The number of aromatic nitrogens is 6. The molecule has 6 heterocycles. The van der Waals surface area contributed by atoms with Gasteiger partial charge in [-0.15, -0.1) is 11.3 Å². The molecule has 63 heavy (non-hydrogen) atoms. The fourth-order valence-corrected chi connectivity index (χ4v) is 10.3. The molecule has 7 aromatic carbocycles. The van der Waals surface area contributed by atoms with Gasteiger partial charge < -0.3 is 0 Å². The van der Waals surface area contributed by atoms with Crippen LogP contribution in [0.15, 0.2) is 206 Å². The maximum Gasteiger partial charge on any atom is 0.235 e. The van der Waals surface area contributed by atoms with Crippen molar-refractivity contribution in [2.45, 2.75) is 0 Å². The van der Waals surface area contributed by atoms with Crippen LogP contribution in [0.25, 0.3) is 121 Å². The molecule has 6 nitrogen and oxygen atoms in total. The van der Waals surface area contributed by atoms with Gasteiger partial charge in [-0.25, -0.2) is 15.0 Å². The van der Waals surface area contributed by atoms with E-state index in [1.807, 2.05) is 24.4 Å². The summed E-state index contributed by atoms with van der Waals surface area (Å²) in [4.78, 5) is 20.5. The van der Waals surface area contributed by atoms with E-state index in [9.17, 15) is 0 Å². The number of hydrogen-bond donors (Lipinski definition) is 0. The molecule has 0 amide bonds. The third-order valence-electron chi connectivity index (χ3n) is 12.2. The first-order chi connectivity index (χ1) is 31.2. The lowest BCUT2D eigenvalue weighted by Crippen LogP contribution is -2.03. The van der Waals surface area contributed by atoms with E-state index in [0.29, 0.717) is 5.95 Å².